The lowest BCUT2D eigenvalue weighted by molar-refractivity contribution is -0.121. The Labute approximate surface area is 128 Å². The highest BCUT2D eigenvalue weighted by Crippen LogP contribution is 2.25. The Balaban J connectivity index is 2.24. The quantitative estimate of drug-likeness (QED) is 0.924. The van der Waals surface area contributed by atoms with Gasteiger partial charge < -0.3 is 5.32 Å². The van der Waals surface area contributed by atoms with Crippen molar-refractivity contribution in [2.24, 2.45) is 0 Å². The van der Waals surface area contributed by atoms with Crippen molar-refractivity contribution in [2.75, 3.05) is 0 Å². The Morgan fingerprint density at radius 2 is 2.18 bits per heavy atom. The van der Waals surface area contributed by atoms with E-state index in [-0.39, 0.29) is 17.5 Å². The standard InChI is InChI=1S/C17H19N3O2/c1-4-12-6-5-7-13-16(12)17(22)20(11(3)19-13)14-8-9-15(21)18-10(14)2/h5-7,14H,2,4,8-9H2,1,3H3,(H,18,21). The molecule has 1 saturated heterocycles. The van der Waals surface area contributed by atoms with Gasteiger partial charge in [-0.1, -0.05) is 25.6 Å². The maximum atomic E-state index is 13.0. The molecule has 5 heteroatoms. The molecule has 1 unspecified atom stereocenters. The summed E-state index contributed by atoms with van der Waals surface area (Å²) in [5.41, 5.74) is 2.23. The molecule has 0 saturated carbocycles. The van der Waals surface area contributed by atoms with Crippen LogP contribution in [0.1, 0.15) is 37.2 Å². The number of amides is 1. The zero-order valence-electron chi connectivity index (χ0n) is 12.8. The predicted octanol–water partition coefficient (Wildman–Crippen LogP) is 2.23. The van der Waals surface area contributed by atoms with Gasteiger partial charge in [0.15, 0.2) is 0 Å². The molecule has 0 aliphatic carbocycles. The third-order valence-corrected chi connectivity index (χ3v) is 4.23. The molecule has 1 aromatic heterocycles. The number of fused-ring (bicyclic) bond motifs is 1. The molecule has 2 heterocycles. The molecular formula is C17H19N3O2. The molecule has 2 aromatic rings. The second kappa shape index (κ2) is 5.40. The third-order valence-electron chi connectivity index (χ3n) is 4.23. The SMILES string of the molecule is C=C1NC(=O)CCC1n1c(C)nc2cccc(CC)c2c1=O. The fourth-order valence-electron chi connectivity index (χ4n) is 3.14. The van der Waals surface area contributed by atoms with Crippen LogP contribution in [0.2, 0.25) is 0 Å². The van der Waals surface area contributed by atoms with Crippen LogP contribution in [0.5, 0.6) is 0 Å². The summed E-state index contributed by atoms with van der Waals surface area (Å²) in [5, 5.41) is 3.40. The van der Waals surface area contributed by atoms with E-state index in [2.05, 4.69) is 16.9 Å². The van der Waals surface area contributed by atoms with Crippen molar-refractivity contribution < 1.29 is 4.79 Å². The van der Waals surface area contributed by atoms with Gasteiger partial charge >= 0.3 is 0 Å². The zero-order chi connectivity index (χ0) is 15.9. The molecule has 3 rings (SSSR count). The van der Waals surface area contributed by atoms with Gasteiger partial charge in [0.2, 0.25) is 5.91 Å². The fourth-order valence-corrected chi connectivity index (χ4v) is 3.14. The topological polar surface area (TPSA) is 64.0 Å². The second-order valence-corrected chi connectivity index (χ2v) is 5.63. The van der Waals surface area contributed by atoms with Crippen molar-refractivity contribution in [2.45, 2.75) is 39.2 Å². The van der Waals surface area contributed by atoms with E-state index in [4.69, 9.17) is 0 Å². The number of nitrogens with one attached hydrogen (secondary N) is 1. The minimum absolute atomic E-state index is 0.0463. The summed E-state index contributed by atoms with van der Waals surface area (Å²) in [5.74, 6) is 0.600. The summed E-state index contributed by atoms with van der Waals surface area (Å²) in [6, 6.07) is 5.52. The van der Waals surface area contributed by atoms with E-state index in [9.17, 15) is 9.59 Å². The number of nitrogens with zero attached hydrogens (tertiary/aromatic N) is 2. The van der Waals surface area contributed by atoms with Gasteiger partial charge in [-0.05, 0) is 31.4 Å². The number of allylic oxidation sites excluding steroid dienone is 1. The predicted molar refractivity (Wildman–Crippen MR) is 85.7 cm³/mol. The van der Waals surface area contributed by atoms with Crippen LogP contribution in [0, 0.1) is 6.92 Å². The van der Waals surface area contributed by atoms with E-state index >= 15 is 0 Å². The number of hydrogen-bond acceptors (Lipinski definition) is 3. The number of carbonyl (C=O) groups is 1. The van der Waals surface area contributed by atoms with Gasteiger partial charge in [0.25, 0.3) is 5.56 Å². The van der Waals surface area contributed by atoms with Crippen LogP contribution in [0.4, 0.5) is 0 Å². The largest absolute Gasteiger partial charge is 0.328 e. The lowest BCUT2D eigenvalue weighted by Crippen LogP contribution is -2.38. The number of rotatable bonds is 2. The molecule has 1 fully saturated rings. The molecule has 1 atom stereocenters. The molecule has 1 aliphatic rings. The lowest BCUT2D eigenvalue weighted by Gasteiger charge is -2.28. The van der Waals surface area contributed by atoms with Gasteiger partial charge in [0, 0.05) is 12.1 Å². The molecule has 1 aromatic carbocycles. The van der Waals surface area contributed by atoms with Crippen molar-refractivity contribution in [3.8, 4) is 0 Å². The molecule has 0 radical (unpaired) electrons. The number of carbonyl (C=O) groups excluding carboxylic acids is 1. The smallest absolute Gasteiger partial charge is 0.262 e. The van der Waals surface area contributed by atoms with Gasteiger partial charge in [-0.25, -0.2) is 4.98 Å². The Bertz CT molecular complexity index is 836. The fraction of sp³-hybridized carbons (Fsp3) is 0.353. The van der Waals surface area contributed by atoms with Crippen LogP contribution < -0.4 is 10.9 Å². The Morgan fingerprint density at radius 3 is 2.86 bits per heavy atom. The molecule has 5 nitrogen and oxygen atoms in total. The number of benzene rings is 1. The van der Waals surface area contributed by atoms with Crippen LogP contribution >= 0.6 is 0 Å². The van der Waals surface area contributed by atoms with E-state index in [1.54, 1.807) is 4.57 Å². The van der Waals surface area contributed by atoms with E-state index in [1.807, 2.05) is 32.0 Å². The van der Waals surface area contributed by atoms with Crippen LogP contribution in [0.3, 0.4) is 0 Å². The van der Waals surface area contributed by atoms with Gasteiger partial charge in [-0.15, -0.1) is 0 Å². The van der Waals surface area contributed by atoms with Crippen molar-refractivity contribution >= 4 is 16.8 Å². The van der Waals surface area contributed by atoms with Gasteiger partial charge in [0.1, 0.15) is 5.82 Å². The van der Waals surface area contributed by atoms with E-state index < -0.39 is 0 Å². The highest BCUT2D eigenvalue weighted by atomic mass is 16.2. The minimum atomic E-state index is -0.230. The number of piperidine rings is 1. The number of aryl methyl sites for hydroxylation is 2. The molecule has 0 bridgehead atoms. The average Bonchev–Trinajstić information content (AvgIpc) is 2.48. The summed E-state index contributed by atoms with van der Waals surface area (Å²) in [6.45, 7) is 7.76. The van der Waals surface area contributed by atoms with Gasteiger partial charge in [-0.2, -0.15) is 0 Å². The van der Waals surface area contributed by atoms with Crippen LogP contribution in [-0.2, 0) is 11.2 Å². The monoisotopic (exact) mass is 297 g/mol. The summed E-state index contributed by atoms with van der Waals surface area (Å²) in [6.07, 6.45) is 1.75. The number of aromatic nitrogens is 2. The van der Waals surface area contributed by atoms with E-state index in [0.29, 0.717) is 29.7 Å². The molecule has 1 N–H and O–H groups in total. The van der Waals surface area contributed by atoms with Crippen LogP contribution in [0.25, 0.3) is 10.9 Å². The van der Waals surface area contributed by atoms with Gasteiger partial charge in [0.05, 0.1) is 16.9 Å². The lowest BCUT2D eigenvalue weighted by atomic mass is 10.0. The number of hydrogen-bond donors (Lipinski definition) is 1. The van der Waals surface area contributed by atoms with Crippen molar-refractivity contribution in [1.82, 2.24) is 14.9 Å². The molecule has 114 valence electrons. The summed E-state index contributed by atoms with van der Waals surface area (Å²) >= 11 is 0. The molecule has 1 amide bonds. The maximum absolute atomic E-state index is 13.0. The average molecular weight is 297 g/mol. The first kappa shape index (κ1) is 14.5. The summed E-state index contributed by atoms with van der Waals surface area (Å²) in [4.78, 5) is 29.1. The van der Waals surface area contributed by atoms with Crippen molar-refractivity contribution in [3.05, 3.63) is 52.2 Å². The minimum Gasteiger partial charge on any atom is -0.328 e. The first-order chi connectivity index (χ1) is 10.5. The highest BCUT2D eigenvalue weighted by molar-refractivity contribution is 5.82. The first-order valence-corrected chi connectivity index (χ1v) is 7.52. The molecule has 0 spiro atoms. The van der Waals surface area contributed by atoms with E-state index in [1.165, 1.54) is 0 Å². The first-order valence-electron chi connectivity index (χ1n) is 7.52. The Hall–Kier alpha value is -2.43. The third kappa shape index (κ3) is 2.22. The summed E-state index contributed by atoms with van der Waals surface area (Å²) in [7, 11) is 0. The highest BCUT2D eigenvalue weighted by Gasteiger charge is 2.26. The molecule has 22 heavy (non-hydrogen) atoms. The normalized spacial score (nSPS) is 18.5. The van der Waals surface area contributed by atoms with Crippen molar-refractivity contribution in [1.29, 1.82) is 0 Å². The Kier molecular flexibility index (Phi) is 3.56. The summed E-state index contributed by atoms with van der Waals surface area (Å²) < 4.78 is 1.67. The van der Waals surface area contributed by atoms with E-state index in [0.717, 1.165) is 17.5 Å². The van der Waals surface area contributed by atoms with Crippen LogP contribution in [-0.4, -0.2) is 15.5 Å². The molecule has 1 aliphatic heterocycles. The van der Waals surface area contributed by atoms with Crippen molar-refractivity contribution in [3.63, 3.8) is 0 Å². The maximum Gasteiger partial charge on any atom is 0.262 e. The zero-order valence-corrected chi connectivity index (χ0v) is 12.8. The van der Waals surface area contributed by atoms with Gasteiger partial charge in [-0.3, -0.25) is 14.2 Å². The second-order valence-electron chi connectivity index (χ2n) is 5.63. The van der Waals surface area contributed by atoms with Crippen LogP contribution in [0.15, 0.2) is 35.3 Å². The molecular weight excluding hydrogens is 278 g/mol. The Morgan fingerprint density at radius 1 is 1.41 bits per heavy atom.